The van der Waals surface area contributed by atoms with Crippen molar-refractivity contribution in [3.05, 3.63) is 53.7 Å². The highest BCUT2D eigenvalue weighted by Gasteiger charge is 2.47. The summed E-state index contributed by atoms with van der Waals surface area (Å²) in [5.41, 5.74) is 1.86. The zero-order chi connectivity index (χ0) is 22.8. The van der Waals surface area contributed by atoms with Gasteiger partial charge in [0.25, 0.3) is 5.91 Å². The quantitative estimate of drug-likeness (QED) is 0.788. The fraction of sp³-hybridized carbons (Fsp3) is 0.400. The number of hydrogen-bond donors (Lipinski definition) is 1. The van der Waals surface area contributed by atoms with E-state index in [2.05, 4.69) is 4.98 Å². The number of likely N-dealkylation sites (tertiary alicyclic amines) is 2. The van der Waals surface area contributed by atoms with Crippen molar-refractivity contribution < 1.29 is 37.1 Å². The molecule has 0 aromatic carbocycles. The van der Waals surface area contributed by atoms with Gasteiger partial charge in [-0.25, -0.2) is 4.79 Å². The topological polar surface area (TPSA) is 104 Å². The monoisotopic (exact) mass is 439 g/mol. The summed E-state index contributed by atoms with van der Waals surface area (Å²) < 4.78 is 36.9. The van der Waals surface area contributed by atoms with Crippen LogP contribution in [-0.4, -0.2) is 63.5 Å². The van der Waals surface area contributed by atoms with Crippen LogP contribution in [0.4, 0.5) is 13.2 Å². The van der Waals surface area contributed by atoms with Gasteiger partial charge >= 0.3 is 12.1 Å². The van der Waals surface area contributed by atoms with Gasteiger partial charge in [0.05, 0.1) is 24.4 Å². The summed E-state index contributed by atoms with van der Waals surface area (Å²) in [7, 11) is 0. The number of aliphatic carboxylic acids is 1. The smallest absolute Gasteiger partial charge is 0.475 e. The SMILES string of the molecule is Cc1cccc(CN2C[C@@H]3CN(C(=O)c4ccco4)C[C@@H]3C2=O)n1.O=C(O)C(F)(F)F. The fourth-order valence-electron chi connectivity index (χ4n) is 3.69. The van der Waals surface area contributed by atoms with E-state index in [0.29, 0.717) is 31.9 Å². The Balaban J connectivity index is 0.000000339. The predicted octanol–water partition coefficient (Wildman–Crippen LogP) is 2.35. The first-order chi connectivity index (χ1) is 14.6. The largest absolute Gasteiger partial charge is 0.490 e. The minimum Gasteiger partial charge on any atom is -0.475 e. The third-order valence-electron chi connectivity index (χ3n) is 5.09. The molecule has 0 unspecified atom stereocenters. The van der Waals surface area contributed by atoms with Crippen LogP contribution in [0.3, 0.4) is 0 Å². The molecule has 2 aromatic rings. The molecule has 4 rings (SSSR count). The molecule has 166 valence electrons. The number of hydrogen-bond acceptors (Lipinski definition) is 5. The number of carbonyl (C=O) groups is 3. The molecule has 8 nitrogen and oxygen atoms in total. The molecule has 2 saturated heterocycles. The van der Waals surface area contributed by atoms with Crippen molar-refractivity contribution in [1.82, 2.24) is 14.8 Å². The van der Waals surface area contributed by atoms with Crippen molar-refractivity contribution >= 4 is 17.8 Å². The van der Waals surface area contributed by atoms with Crippen molar-refractivity contribution in [2.24, 2.45) is 11.8 Å². The van der Waals surface area contributed by atoms with E-state index in [1.807, 2.05) is 30.0 Å². The number of aromatic nitrogens is 1. The summed E-state index contributed by atoms with van der Waals surface area (Å²) in [5.74, 6) is -2.34. The Kier molecular flexibility index (Phi) is 6.32. The number of pyridine rings is 1. The molecule has 0 saturated carbocycles. The van der Waals surface area contributed by atoms with Gasteiger partial charge in [0.15, 0.2) is 5.76 Å². The van der Waals surface area contributed by atoms with Gasteiger partial charge in [-0.3, -0.25) is 14.6 Å². The number of aryl methyl sites for hydroxylation is 1. The molecule has 2 amide bonds. The molecular weight excluding hydrogens is 419 g/mol. The number of fused-ring (bicyclic) bond motifs is 1. The van der Waals surface area contributed by atoms with Crippen LogP contribution in [0.2, 0.25) is 0 Å². The van der Waals surface area contributed by atoms with Crippen LogP contribution in [0.1, 0.15) is 21.9 Å². The van der Waals surface area contributed by atoms with Gasteiger partial charge in [0.1, 0.15) is 0 Å². The first-order valence-corrected chi connectivity index (χ1v) is 9.40. The number of rotatable bonds is 3. The molecule has 2 aromatic heterocycles. The number of furan rings is 1. The van der Waals surface area contributed by atoms with Crippen molar-refractivity contribution in [1.29, 1.82) is 0 Å². The lowest BCUT2D eigenvalue weighted by Gasteiger charge is -2.21. The van der Waals surface area contributed by atoms with Crippen LogP contribution in [0.15, 0.2) is 41.0 Å². The summed E-state index contributed by atoms with van der Waals surface area (Å²) in [6.07, 6.45) is -3.59. The lowest BCUT2D eigenvalue weighted by Crippen LogP contribution is -2.35. The number of carboxylic acid groups (broad SMARTS) is 1. The number of halogens is 3. The summed E-state index contributed by atoms with van der Waals surface area (Å²) in [4.78, 5) is 42.0. The van der Waals surface area contributed by atoms with E-state index in [0.717, 1.165) is 11.4 Å². The Morgan fingerprint density at radius 2 is 1.90 bits per heavy atom. The van der Waals surface area contributed by atoms with Crippen molar-refractivity contribution in [3.63, 3.8) is 0 Å². The van der Waals surface area contributed by atoms with Gasteiger partial charge in [-0.05, 0) is 31.2 Å². The highest BCUT2D eigenvalue weighted by molar-refractivity contribution is 5.93. The molecular formula is C20H20F3N3O5. The predicted molar refractivity (Wildman–Crippen MR) is 99.7 cm³/mol. The number of alkyl halides is 3. The van der Waals surface area contributed by atoms with Gasteiger partial charge in [0.2, 0.25) is 5.91 Å². The van der Waals surface area contributed by atoms with Crippen molar-refractivity contribution in [2.45, 2.75) is 19.6 Å². The second-order valence-electron chi connectivity index (χ2n) is 7.35. The van der Waals surface area contributed by atoms with Crippen LogP contribution in [-0.2, 0) is 16.1 Å². The molecule has 0 radical (unpaired) electrons. The van der Waals surface area contributed by atoms with E-state index in [4.69, 9.17) is 14.3 Å². The van der Waals surface area contributed by atoms with Crippen molar-refractivity contribution in [3.8, 4) is 0 Å². The van der Waals surface area contributed by atoms with E-state index < -0.39 is 12.1 Å². The number of amides is 2. The molecule has 0 spiro atoms. The molecule has 2 aliphatic heterocycles. The second kappa shape index (κ2) is 8.78. The minimum atomic E-state index is -5.08. The fourth-order valence-corrected chi connectivity index (χ4v) is 3.69. The van der Waals surface area contributed by atoms with E-state index in [1.54, 1.807) is 17.0 Å². The van der Waals surface area contributed by atoms with Gasteiger partial charge in [-0.1, -0.05) is 6.07 Å². The van der Waals surface area contributed by atoms with Crippen LogP contribution >= 0.6 is 0 Å². The van der Waals surface area contributed by atoms with E-state index in [9.17, 15) is 22.8 Å². The molecule has 4 heterocycles. The van der Waals surface area contributed by atoms with Gasteiger partial charge < -0.3 is 19.3 Å². The Hall–Kier alpha value is -3.37. The molecule has 31 heavy (non-hydrogen) atoms. The van der Waals surface area contributed by atoms with Gasteiger partial charge in [-0.15, -0.1) is 0 Å². The maximum absolute atomic E-state index is 12.7. The van der Waals surface area contributed by atoms with E-state index >= 15 is 0 Å². The average molecular weight is 439 g/mol. The lowest BCUT2D eigenvalue weighted by molar-refractivity contribution is -0.192. The van der Waals surface area contributed by atoms with Crippen LogP contribution < -0.4 is 0 Å². The van der Waals surface area contributed by atoms with Gasteiger partial charge in [-0.2, -0.15) is 13.2 Å². The van der Waals surface area contributed by atoms with E-state index in [-0.39, 0.29) is 23.7 Å². The molecule has 11 heteroatoms. The standard InChI is InChI=1S/C18H19N3O3.C2HF3O2/c1-12-4-2-5-14(19-12)10-20-8-13-9-21(11-15(13)17(20)22)18(23)16-6-3-7-24-16;3-2(4,5)1(6)7/h2-7,13,15H,8-11H2,1H3;(H,6,7)/t13-,15+;/m1./s1. The summed E-state index contributed by atoms with van der Waals surface area (Å²) in [6.45, 7) is 4.25. The van der Waals surface area contributed by atoms with Crippen molar-refractivity contribution in [2.75, 3.05) is 19.6 Å². The highest BCUT2D eigenvalue weighted by atomic mass is 19.4. The third-order valence-corrected chi connectivity index (χ3v) is 5.09. The molecule has 1 N–H and O–H groups in total. The third kappa shape index (κ3) is 5.22. The molecule has 2 fully saturated rings. The van der Waals surface area contributed by atoms with E-state index in [1.165, 1.54) is 6.26 Å². The summed E-state index contributed by atoms with van der Waals surface area (Å²) in [5, 5.41) is 7.12. The maximum atomic E-state index is 12.7. The highest BCUT2D eigenvalue weighted by Crippen LogP contribution is 2.33. The van der Waals surface area contributed by atoms with Gasteiger partial charge in [0, 0.05) is 31.2 Å². The zero-order valence-corrected chi connectivity index (χ0v) is 16.5. The van der Waals surface area contributed by atoms with Crippen LogP contribution in [0, 0.1) is 18.8 Å². The Labute approximate surface area is 175 Å². The molecule has 0 aliphatic carbocycles. The van der Waals surface area contributed by atoms with Crippen LogP contribution in [0.25, 0.3) is 0 Å². The lowest BCUT2D eigenvalue weighted by atomic mass is 10.0. The number of nitrogens with zero attached hydrogens (tertiary/aromatic N) is 3. The molecule has 2 atom stereocenters. The number of carboxylic acids is 1. The second-order valence-corrected chi connectivity index (χ2v) is 7.35. The Morgan fingerprint density at radius 1 is 1.19 bits per heavy atom. The Morgan fingerprint density at radius 3 is 2.45 bits per heavy atom. The maximum Gasteiger partial charge on any atom is 0.490 e. The number of carbonyl (C=O) groups excluding carboxylic acids is 2. The summed E-state index contributed by atoms with van der Waals surface area (Å²) in [6, 6.07) is 9.21. The molecule has 2 aliphatic rings. The first kappa shape index (κ1) is 22.3. The zero-order valence-electron chi connectivity index (χ0n) is 16.5. The summed E-state index contributed by atoms with van der Waals surface area (Å²) >= 11 is 0. The first-order valence-electron chi connectivity index (χ1n) is 9.40. The Bertz CT molecular complexity index is 961. The average Bonchev–Trinajstić information content (AvgIpc) is 3.41. The minimum absolute atomic E-state index is 0.103. The normalized spacial score (nSPS) is 20.3. The van der Waals surface area contributed by atoms with Crippen LogP contribution in [0.5, 0.6) is 0 Å². The molecule has 0 bridgehead atoms.